The van der Waals surface area contributed by atoms with Crippen molar-refractivity contribution >= 4 is 23.6 Å². The number of carbonyl (C=O) groups is 1. The average Bonchev–Trinajstić information content (AvgIpc) is 3.22. The third kappa shape index (κ3) is 4.92. The highest BCUT2D eigenvalue weighted by Gasteiger charge is 2.20. The number of likely N-dealkylation sites (N-methyl/N-ethyl adjacent to an activating group) is 1. The van der Waals surface area contributed by atoms with Crippen LogP contribution in [-0.4, -0.2) is 58.2 Å². The van der Waals surface area contributed by atoms with Crippen molar-refractivity contribution in [2.24, 2.45) is 0 Å². The SMILES string of the molecule is CN(C)C(=O)C1=Cc2ccc(Nc3nccc(-c4cc(OCCCO)ccn4)n3)cc2C1. The molecule has 4 rings (SSSR count). The van der Waals surface area contributed by atoms with Gasteiger partial charge in [0.05, 0.1) is 18.0 Å². The van der Waals surface area contributed by atoms with Crippen LogP contribution in [0.5, 0.6) is 5.75 Å². The fourth-order valence-electron chi connectivity index (χ4n) is 3.43. The van der Waals surface area contributed by atoms with Gasteiger partial charge in [0, 0.05) is 63.3 Å². The summed E-state index contributed by atoms with van der Waals surface area (Å²) in [5, 5.41) is 12.1. The minimum Gasteiger partial charge on any atom is -0.493 e. The number of ether oxygens (including phenoxy) is 1. The summed E-state index contributed by atoms with van der Waals surface area (Å²) in [5.74, 6) is 1.15. The van der Waals surface area contributed by atoms with Crippen LogP contribution in [0.15, 0.2) is 54.4 Å². The molecular weight excluding hydrogens is 406 g/mol. The van der Waals surface area contributed by atoms with Gasteiger partial charge in [-0.05, 0) is 41.5 Å². The molecule has 1 amide bonds. The van der Waals surface area contributed by atoms with Crippen LogP contribution in [0, 0.1) is 0 Å². The molecule has 2 aromatic heterocycles. The normalized spacial score (nSPS) is 12.2. The van der Waals surface area contributed by atoms with Gasteiger partial charge < -0.3 is 20.1 Å². The molecule has 1 aliphatic rings. The highest BCUT2D eigenvalue weighted by molar-refractivity contribution is 6.00. The molecule has 8 heteroatoms. The maximum atomic E-state index is 12.3. The molecule has 8 nitrogen and oxygen atoms in total. The summed E-state index contributed by atoms with van der Waals surface area (Å²) in [6.45, 7) is 0.524. The number of nitrogens with zero attached hydrogens (tertiary/aromatic N) is 4. The number of hydrogen-bond donors (Lipinski definition) is 2. The highest BCUT2D eigenvalue weighted by atomic mass is 16.5. The molecule has 0 spiro atoms. The predicted molar refractivity (Wildman–Crippen MR) is 123 cm³/mol. The number of hydrogen-bond acceptors (Lipinski definition) is 7. The van der Waals surface area contributed by atoms with Crippen molar-refractivity contribution in [3.05, 3.63) is 65.5 Å². The van der Waals surface area contributed by atoms with E-state index in [1.165, 1.54) is 0 Å². The molecule has 1 aliphatic carbocycles. The largest absolute Gasteiger partial charge is 0.493 e. The quantitative estimate of drug-likeness (QED) is 0.529. The number of fused-ring (bicyclic) bond motifs is 1. The van der Waals surface area contributed by atoms with Crippen molar-refractivity contribution in [2.45, 2.75) is 12.8 Å². The number of carbonyl (C=O) groups excluding carboxylic acids is 1. The Labute approximate surface area is 186 Å². The van der Waals surface area contributed by atoms with E-state index in [0.29, 0.717) is 42.5 Å². The molecule has 2 heterocycles. The van der Waals surface area contributed by atoms with E-state index in [2.05, 4.69) is 20.3 Å². The first-order valence-corrected chi connectivity index (χ1v) is 10.4. The van der Waals surface area contributed by atoms with Crippen LogP contribution in [0.25, 0.3) is 17.5 Å². The number of anilines is 2. The van der Waals surface area contributed by atoms with Gasteiger partial charge in [-0.3, -0.25) is 9.78 Å². The topological polar surface area (TPSA) is 100 Å². The van der Waals surface area contributed by atoms with Crippen LogP contribution in [0.4, 0.5) is 11.6 Å². The highest BCUT2D eigenvalue weighted by Crippen LogP contribution is 2.29. The summed E-state index contributed by atoms with van der Waals surface area (Å²) in [6.07, 6.45) is 6.46. The summed E-state index contributed by atoms with van der Waals surface area (Å²) >= 11 is 0. The first-order valence-electron chi connectivity index (χ1n) is 10.4. The standard InChI is InChI=1S/C24H25N5O3/c1-29(2)23(31)18-12-16-4-5-19(14-17(16)13-18)27-24-26-9-7-21(28-24)22-15-20(6-8-25-22)32-11-3-10-30/h4-9,12,14-15,30H,3,10-11,13H2,1-2H3,(H,26,27,28). The minimum absolute atomic E-state index is 0.0295. The Bertz CT molecular complexity index is 1160. The van der Waals surface area contributed by atoms with Crippen molar-refractivity contribution in [3.8, 4) is 17.1 Å². The number of aliphatic hydroxyl groups excluding tert-OH is 1. The minimum atomic E-state index is 0.0295. The second-order valence-corrected chi connectivity index (χ2v) is 7.65. The van der Waals surface area contributed by atoms with Gasteiger partial charge in [-0.25, -0.2) is 9.97 Å². The molecule has 0 unspecified atom stereocenters. The third-order valence-electron chi connectivity index (χ3n) is 5.01. The summed E-state index contributed by atoms with van der Waals surface area (Å²) < 4.78 is 5.63. The van der Waals surface area contributed by atoms with E-state index in [1.807, 2.05) is 30.3 Å². The number of rotatable bonds is 8. The molecule has 0 fully saturated rings. The number of amides is 1. The van der Waals surface area contributed by atoms with Crippen molar-refractivity contribution < 1.29 is 14.6 Å². The molecule has 0 radical (unpaired) electrons. The first kappa shape index (κ1) is 21.5. The monoisotopic (exact) mass is 431 g/mol. The summed E-state index contributed by atoms with van der Waals surface area (Å²) in [5.41, 5.74) is 5.11. The van der Waals surface area contributed by atoms with E-state index >= 15 is 0 Å². The number of nitrogens with one attached hydrogen (secondary N) is 1. The second-order valence-electron chi connectivity index (χ2n) is 7.65. The Balaban J connectivity index is 1.48. The Hall–Kier alpha value is -3.78. The molecule has 0 bridgehead atoms. The van der Waals surface area contributed by atoms with Crippen molar-refractivity contribution in [3.63, 3.8) is 0 Å². The molecule has 0 atom stereocenters. The summed E-state index contributed by atoms with van der Waals surface area (Å²) in [7, 11) is 3.52. The smallest absolute Gasteiger partial charge is 0.249 e. The zero-order valence-corrected chi connectivity index (χ0v) is 18.1. The Morgan fingerprint density at radius 1 is 1.12 bits per heavy atom. The van der Waals surface area contributed by atoms with Crippen LogP contribution < -0.4 is 10.1 Å². The van der Waals surface area contributed by atoms with Crippen LogP contribution in [0.3, 0.4) is 0 Å². The van der Waals surface area contributed by atoms with Gasteiger partial charge in [0.1, 0.15) is 5.75 Å². The molecule has 32 heavy (non-hydrogen) atoms. The third-order valence-corrected chi connectivity index (χ3v) is 5.01. The number of pyridine rings is 1. The van der Waals surface area contributed by atoms with E-state index in [4.69, 9.17) is 9.84 Å². The zero-order valence-electron chi connectivity index (χ0n) is 18.1. The summed E-state index contributed by atoms with van der Waals surface area (Å²) in [6, 6.07) is 11.3. The van der Waals surface area contributed by atoms with E-state index < -0.39 is 0 Å². The number of aromatic nitrogens is 3. The summed E-state index contributed by atoms with van der Waals surface area (Å²) in [4.78, 5) is 27.1. The Morgan fingerprint density at radius 3 is 2.78 bits per heavy atom. The lowest BCUT2D eigenvalue weighted by atomic mass is 10.1. The van der Waals surface area contributed by atoms with Crippen LogP contribution in [-0.2, 0) is 11.2 Å². The van der Waals surface area contributed by atoms with E-state index in [1.54, 1.807) is 43.5 Å². The van der Waals surface area contributed by atoms with Gasteiger partial charge in [-0.1, -0.05) is 6.07 Å². The second kappa shape index (κ2) is 9.57. The van der Waals surface area contributed by atoms with Gasteiger partial charge >= 0.3 is 0 Å². The van der Waals surface area contributed by atoms with Gasteiger partial charge in [0.25, 0.3) is 0 Å². The molecule has 0 saturated carbocycles. The maximum Gasteiger partial charge on any atom is 0.249 e. The molecule has 3 aromatic rings. The van der Waals surface area contributed by atoms with Gasteiger partial charge in [0.15, 0.2) is 0 Å². The first-order chi connectivity index (χ1) is 15.5. The van der Waals surface area contributed by atoms with Gasteiger partial charge in [0.2, 0.25) is 11.9 Å². The van der Waals surface area contributed by atoms with E-state index in [-0.39, 0.29) is 12.5 Å². The van der Waals surface area contributed by atoms with Gasteiger partial charge in [-0.2, -0.15) is 0 Å². The molecule has 2 N–H and O–H groups in total. The fourth-order valence-corrected chi connectivity index (χ4v) is 3.43. The van der Waals surface area contributed by atoms with Crippen molar-refractivity contribution in [1.82, 2.24) is 19.9 Å². The van der Waals surface area contributed by atoms with Crippen molar-refractivity contribution in [2.75, 3.05) is 32.6 Å². The fraction of sp³-hybridized carbons (Fsp3) is 0.250. The zero-order chi connectivity index (χ0) is 22.5. The molecule has 1 aromatic carbocycles. The maximum absolute atomic E-state index is 12.3. The predicted octanol–water partition coefficient (Wildman–Crippen LogP) is 3.07. The van der Waals surface area contributed by atoms with Crippen LogP contribution in [0.2, 0.25) is 0 Å². The number of benzene rings is 1. The lowest BCUT2D eigenvalue weighted by molar-refractivity contribution is -0.124. The molecule has 0 aliphatic heterocycles. The van der Waals surface area contributed by atoms with Crippen LogP contribution in [0.1, 0.15) is 17.5 Å². The van der Waals surface area contributed by atoms with E-state index in [9.17, 15) is 4.79 Å². The molecule has 0 saturated heterocycles. The Morgan fingerprint density at radius 2 is 1.97 bits per heavy atom. The average molecular weight is 431 g/mol. The van der Waals surface area contributed by atoms with Gasteiger partial charge in [-0.15, -0.1) is 0 Å². The van der Waals surface area contributed by atoms with E-state index in [0.717, 1.165) is 22.4 Å². The van der Waals surface area contributed by atoms with Crippen LogP contribution >= 0.6 is 0 Å². The lowest BCUT2D eigenvalue weighted by Gasteiger charge is -2.11. The van der Waals surface area contributed by atoms with Crippen molar-refractivity contribution in [1.29, 1.82) is 0 Å². The Kier molecular flexibility index (Phi) is 6.42. The molecular formula is C24H25N5O3. The molecule has 164 valence electrons. The number of aliphatic hydroxyl groups is 1. The lowest BCUT2D eigenvalue weighted by Crippen LogP contribution is -2.23.